The number of benzene rings is 1. The van der Waals surface area contributed by atoms with Gasteiger partial charge in [-0.3, -0.25) is 9.48 Å². The molecule has 3 aromatic rings. The number of nitrogens with one attached hydrogen (secondary N) is 1. The van der Waals surface area contributed by atoms with Crippen LogP contribution in [0.15, 0.2) is 53.2 Å². The SMILES string of the molecule is Cc1ccnn1CCCNC(=O)c1cc(-c2ccccc2)on1. The van der Waals surface area contributed by atoms with Gasteiger partial charge in [0.15, 0.2) is 11.5 Å². The fraction of sp³-hybridized carbons (Fsp3) is 0.235. The van der Waals surface area contributed by atoms with Crippen LogP contribution in [0, 0.1) is 6.92 Å². The molecular weight excluding hydrogens is 292 g/mol. The highest BCUT2D eigenvalue weighted by atomic mass is 16.5. The average Bonchev–Trinajstić information content (AvgIpc) is 3.22. The number of rotatable bonds is 6. The predicted octanol–water partition coefficient (Wildman–Crippen LogP) is 2.67. The topological polar surface area (TPSA) is 73.0 Å². The second-order valence-electron chi connectivity index (χ2n) is 5.25. The van der Waals surface area contributed by atoms with Crippen molar-refractivity contribution in [3.63, 3.8) is 0 Å². The molecule has 118 valence electrons. The van der Waals surface area contributed by atoms with Crippen LogP contribution in [0.5, 0.6) is 0 Å². The molecule has 0 fully saturated rings. The minimum Gasteiger partial charge on any atom is -0.355 e. The van der Waals surface area contributed by atoms with Crippen LogP contribution in [-0.4, -0.2) is 27.4 Å². The van der Waals surface area contributed by atoms with Crippen LogP contribution in [0.4, 0.5) is 0 Å². The van der Waals surface area contributed by atoms with Crippen molar-refractivity contribution in [2.75, 3.05) is 6.54 Å². The van der Waals surface area contributed by atoms with Crippen LogP contribution < -0.4 is 5.32 Å². The third-order valence-electron chi connectivity index (χ3n) is 3.56. The Morgan fingerprint density at radius 1 is 1.26 bits per heavy atom. The van der Waals surface area contributed by atoms with Crippen LogP contribution in [0.25, 0.3) is 11.3 Å². The van der Waals surface area contributed by atoms with Gasteiger partial charge in [-0.05, 0) is 19.4 Å². The van der Waals surface area contributed by atoms with Gasteiger partial charge in [0, 0.05) is 36.6 Å². The zero-order chi connectivity index (χ0) is 16.1. The molecular formula is C17H18N4O2. The van der Waals surface area contributed by atoms with Gasteiger partial charge < -0.3 is 9.84 Å². The Morgan fingerprint density at radius 3 is 2.83 bits per heavy atom. The maximum absolute atomic E-state index is 12.1. The normalized spacial score (nSPS) is 10.7. The Morgan fingerprint density at radius 2 is 2.09 bits per heavy atom. The maximum atomic E-state index is 12.1. The Balaban J connectivity index is 1.51. The lowest BCUT2D eigenvalue weighted by molar-refractivity contribution is 0.0943. The summed E-state index contributed by atoms with van der Waals surface area (Å²) in [5, 5.41) is 10.9. The number of carbonyl (C=O) groups excluding carboxylic acids is 1. The summed E-state index contributed by atoms with van der Waals surface area (Å²) >= 11 is 0. The fourth-order valence-electron chi connectivity index (χ4n) is 2.27. The molecule has 0 radical (unpaired) electrons. The molecule has 0 bridgehead atoms. The molecule has 1 amide bonds. The minimum atomic E-state index is -0.229. The summed E-state index contributed by atoms with van der Waals surface area (Å²) in [6.45, 7) is 3.34. The number of nitrogens with zero attached hydrogens (tertiary/aromatic N) is 3. The van der Waals surface area contributed by atoms with Gasteiger partial charge in [0.1, 0.15) is 0 Å². The smallest absolute Gasteiger partial charge is 0.273 e. The Hall–Kier alpha value is -2.89. The van der Waals surface area contributed by atoms with Crippen LogP contribution in [-0.2, 0) is 6.54 Å². The molecule has 0 unspecified atom stereocenters. The molecule has 0 spiro atoms. The zero-order valence-electron chi connectivity index (χ0n) is 12.9. The molecule has 0 aliphatic rings. The third kappa shape index (κ3) is 3.66. The lowest BCUT2D eigenvalue weighted by Crippen LogP contribution is -2.25. The first kappa shape index (κ1) is 15.0. The van der Waals surface area contributed by atoms with Crippen molar-refractivity contribution in [1.82, 2.24) is 20.3 Å². The number of amides is 1. The maximum Gasteiger partial charge on any atom is 0.273 e. The standard InChI is InChI=1S/C17H18N4O2/c1-13-8-10-19-21(13)11-5-9-18-17(22)15-12-16(23-20-15)14-6-3-2-4-7-14/h2-4,6-8,10,12H,5,9,11H2,1H3,(H,18,22). The van der Waals surface area contributed by atoms with Gasteiger partial charge in [0.25, 0.3) is 5.91 Å². The van der Waals surface area contributed by atoms with Crippen LogP contribution >= 0.6 is 0 Å². The van der Waals surface area contributed by atoms with E-state index in [0.717, 1.165) is 24.2 Å². The molecule has 0 saturated carbocycles. The summed E-state index contributed by atoms with van der Waals surface area (Å²) in [4.78, 5) is 12.1. The Bertz CT molecular complexity index is 777. The van der Waals surface area contributed by atoms with Crippen molar-refractivity contribution < 1.29 is 9.32 Å². The first-order chi connectivity index (χ1) is 11.2. The van der Waals surface area contributed by atoms with Crippen molar-refractivity contribution in [1.29, 1.82) is 0 Å². The van der Waals surface area contributed by atoms with E-state index in [4.69, 9.17) is 4.52 Å². The average molecular weight is 310 g/mol. The third-order valence-corrected chi connectivity index (χ3v) is 3.56. The van der Waals surface area contributed by atoms with E-state index in [1.807, 2.05) is 48.0 Å². The van der Waals surface area contributed by atoms with Gasteiger partial charge in [-0.25, -0.2) is 0 Å². The minimum absolute atomic E-state index is 0.229. The molecule has 2 heterocycles. The van der Waals surface area contributed by atoms with Crippen molar-refractivity contribution in [3.8, 4) is 11.3 Å². The van der Waals surface area contributed by atoms with E-state index in [1.54, 1.807) is 12.3 Å². The Kier molecular flexibility index (Phi) is 4.52. The highest BCUT2D eigenvalue weighted by Crippen LogP contribution is 2.19. The van der Waals surface area contributed by atoms with E-state index in [0.29, 0.717) is 18.0 Å². The number of aromatic nitrogens is 3. The molecule has 0 aliphatic heterocycles. The predicted molar refractivity (Wildman–Crippen MR) is 85.9 cm³/mol. The van der Waals surface area contributed by atoms with Crippen LogP contribution in [0.3, 0.4) is 0 Å². The van der Waals surface area contributed by atoms with Gasteiger partial charge in [-0.1, -0.05) is 35.5 Å². The van der Waals surface area contributed by atoms with E-state index in [-0.39, 0.29) is 5.91 Å². The summed E-state index contributed by atoms with van der Waals surface area (Å²) in [6.07, 6.45) is 2.58. The lowest BCUT2D eigenvalue weighted by atomic mass is 10.1. The van der Waals surface area contributed by atoms with E-state index < -0.39 is 0 Å². The molecule has 2 aromatic heterocycles. The molecule has 0 saturated heterocycles. The summed E-state index contributed by atoms with van der Waals surface area (Å²) in [5.41, 5.74) is 2.30. The van der Waals surface area contributed by atoms with Crippen LogP contribution in [0.2, 0.25) is 0 Å². The van der Waals surface area contributed by atoms with Gasteiger partial charge in [0.05, 0.1) is 0 Å². The summed E-state index contributed by atoms with van der Waals surface area (Å²) in [7, 11) is 0. The van der Waals surface area contributed by atoms with E-state index in [2.05, 4.69) is 15.6 Å². The summed E-state index contributed by atoms with van der Waals surface area (Å²) < 4.78 is 7.14. The fourth-order valence-corrected chi connectivity index (χ4v) is 2.27. The van der Waals surface area contributed by atoms with Gasteiger partial charge in [0.2, 0.25) is 0 Å². The molecule has 1 N–H and O–H groups in total. The van der Waals surface area contributed by atoms with E-state index >= 15 is 0 Å². The number of hydrogen-bond donors (Lipinski definition) is 1. The van der Waals surface area contributed by atoms with Gasteiger partial charge in [-0.15, -0.1) is 0 Å². The molecule has 6 nitrogen and oxygen atoms in total. The van der Waals surface area contributed by atoms with E-state index in [9.17, 15) is 4.79 Å². The van der Waals surface area contributed by atoms with Gasteiger partial charge >= 0.3 is 0 Å². The molecule has 3 rings (SSSR count). The quantitative estimate of drug-likeness (QED) is 0.710. The number of aryl methyl sites for hydroxylation is 2. The molecule has 0 aliphatic carbocycles. The monoisotopic (exact) mass is 310 g/mol. The highest BCUT2D eigenvalue weighted by Gasteiger charge is 2.13. The zero-order valence-corrected chi connectivity index (χ0v) is 12.9. The van der Waals surface area contributed by atoms with Crippen molar-refractivity contribution in [3.05, 3.63) is 60.0 Å². The molecule has 1 aromatic carbocycles. The van der Waals surface area contributed by atoms with Gasteiger partial charge in [-0.2, -0.15) is 5.10 Å². The summed E-state index contributed by atoms with van der Waals surface area (Å²) in [6, 6.07) is 13.2. The van der Waals surface area contributed by atoms with Crippen LogP contribution in [0.1, 0.15) is 22.6 Å². The first-order valence-corrected chi connectivity index (χ1v) is 7.53. The van der Waals surface area contributed by atoms with Crippen molar-refractivity contribution in [2.24, 2.45) is 0 Å². The number of hydrogen-bond acceptors (Lipinski definition) is 4. The second-order valence-corrected chi connectivity index (χ2v) is 5.25. The first-order valence-electron chi connectivity index (χ1n) is 7.53. The largest absolute Gasteiger partial charge is 0.355 e. The molecule has 6 heteroatoms. The highest BCUT2D eigenvalue weighted by molar-refractivity contribution is 5.93. The molecule has 0 atom stereocenters. The van der Waals surface area contributed by atoms with Crippen molar-refractivity contribution >= 4 is 5.91 Å². The van der Waals surface area contributed by atoms with Crippen molar-refractivity contribution in [2.45, 2.75) is 19.9 Å². The van der Waals surface area contributed by atoms with E-state index in [1.165, 1.54) is 0 Å². The second kappa shape index (κ2) is 6.91. The Labute approximate surface area is 134 Å². The summed E-state index contributed by atoms with van der Waals surface area (Å²) in [5.74, 6) is 0.357. The molecule has 23 heavy (non-hydrogen) atoms. The number of carbonyl (C=O) groups is 1. The lowest BCUT2D eigenvalue weighted by Gasteiger charge is -2.05.